The van der Waals surface area contributed by atoms with Crippen LogP contribution in [-0.2, 0) is 6.54 Å². The summed E-state index contributed by atoms with van der Waals surface area (Å²) in [4.78, 5) is 2.69. The largest absolute Gasteiger partial charge is 0.289 e. The Hall–Kier alpha value is -2.12. The van der Waals surface area contributed by atoms with Crippen molar-refractivity contribution in [3.63, 3.8) is 0 Å². The van der Waals surface area contributed by atoms with Crippen molar-refractivity contribution >= 4 is 11.6 Å². The Labute approximate surface area is 139 Å². The van der Waals surface area contributed by atoms with E-state index < -0.39 is 0 Å². The second kappa shape index (κ2) is 6.17. The molecule has 1 saturated heterocycles. The predicted molar refractivity (Wildman–Crippen MR) is 97.9 cm³/mol. The molecule has 0 N–H and O–H groups in total. The molecule has 0 spiro atoms. The molecule has 2 aliphatic heterocycles. The molecule has 0 aliphatic carbocycles. The molecule has 0 saturated carbocycles. The Kier molecular flexibility index (Phi) is 3.88. The summed E-state index contributed by atoms with van der Waals surface area (Å²) in [5, 5.41) is 0. The van der Waals surface area contributed by atoms with Gasteiger partial charge in [0.1, 0.15) is 0 Å². The van der Waals surface area contributed by atoms with Crippen LogP contribution in [0.1, 0.15) is 36.0 Å². The molecule has 0 aromatic heterocycles. The Morgan fingerprint density at radius 2 is 1.78 bits per heavy atom. The van der Waals surface area contributed by atoms with Gasteiger partial charge in [0.15, 0.2) is 0 Å². The molecule has 2 unspecified atom stereocenters. The van der Waals surface area contributed by atoms with Gasteiger partial charge in [-0.15, -0.1) is 0 Å². The zero-order chi connectivity index (χ0) is 15.6. The third kappa shape index (κ3) is 2.89. The summed E-state index contributed by atoms with van der Waals surface area (Å²) >= 11 is 0. The molecule has 4 rings (SSSR count). The maximum absolute atomic E-state index is 3.84. The average molecular weight is 301 g/mol. The molecule has 0 radical (unpaired) electrons. The first-order valence-corrected chi connectivity index (χ1v) is 8.57. The third-order valence-electron chi connectivity index (χ3n) is 5.26. The fourth-order valence-corrected chi connectivity index (χ4v) is 4.01. The van der Waals surface area contributed by atoms with E-state index in [1.165, 1.54) is 41.5 Å². The average Bonchev–Trinajstić information content (AvgIpc) is 2.84. The van der Waals surface area contributed by atoms with Gasteiger partial charge in [-0.1, -0.05) is 73.3 Å². The number of hydrogen-bond donors (Lipinski definition) is 0. The van der Waals surface area contributed by atoms with Gasteiger partial charge in [-0.3, -0.25) is 4.90 Å². The quantitative estimate of drug-likeness (QED) is 0.755. The van der Waals surface area contributed by atoms with Crippen molar-refractivity contribution in [2.75, 3.05) is 0 Å². The van der Waals surface area contributed by atoms with Crippen LogP contribution in [0.25, 0.3) is 11.6 Å². The van der Waals surface area contributed by atoms with E-state index in [0.29, 0.717) is 12.1 Å². The molecule has 2 aromatic rings. The van der Waals surface area contributed by atoms with Crippen LogP contribution < -0.4 is 0 Å². The van der Waals surface area contributed by atoms with Crippen molar-refractivity contribution < 1.29 is 0 Å². The summed E-state index contributed by atoms with van der Waals surface area (Å²) in [6.45, 7) is 4.91. The topological polar surface area (TPSA) is 3.24 Å². The second-order valence-electron chi connectivity index (χ2n) is 6.68. The van der Waals surface area contributed by atoms with E-state index in [2.05, 4.69) is 72.2 Å². The molecule has 2 aliphatic rings. The highest BCUT2D eigenvalue weighted by molar-refractivity contribution is 5.69. The van der Waals surface area contributed by atoms with E-state index in [9.17, 15) is 0 Å². The zero-order valence-corrected chi connectivity index (χ0v) is 13.5. The van der Waals surface area contributed by atoms with Gasteiger partial charge in [-0.25, -0.2) is 0 Å². The van der Waals surface area contributed by atoms with Gasteiger partial charge >= 0.3 is 0 Å². The fourth-order valence-electron chi connectivity index (χ4n) is 4.01. The molecule has 1 fully saturated rings. The van der Waals surface area contributed by atoms with E-state index in [1.54, 1.807) is 0 Å². The smallest absolute Gasteiger partial charge is 0.0291 e. The number of rotatable bonds is 4. The molecule has 0 amide bonds. The molecule has 1 nitrogen and oxygen atoms in total. The van der Waals surface area contributed by atoms with Gasteiger partial charge < -0.3 is 0 Å². The molecule has 1 heteroatoms. The van der Waals surface area contributed by atoms with Crippen molar-refractivity contribution in [1.82, 2.24) is 4.90 Å². The zero-order valence-electron chi connectivity index (χ0n) is 13.5. The van der Waals surface area contributed by atoms with Crippen LogP contribution in [0.5, 0.6) is 0 Å². The molecule has 23 heavy (non-hydrogen) atoms. The van der Waals surface area contributed by atoms with Crippen LogP contribution in [0.15, 0.2) is 67.3 Å². The Morgan fingerprint density at radius 1 is 1.00 bits per heavy atom. The highest BCUT2D eigenvalue weighted by Crippen LogP contribution is 2.39. The van der Waals surface area contributed by atoms with E-state index in [1.807, 2.05) is 6.08 Å². The lowest BCUT2D eigenvalue weighted by atomic mass is 9.94. The van der Waals surface area contributed by atoms with Crippen molar-refractivity contribution in [2.45, 2.75) is 37.9 Å². The summed E-state index contributed by atoms with van der Waals surface area (Å²) in [6.07, 6.45) is 8.21. The molecule has 2 heterocycles. The number of fused-ring (bicyclic) bond motifs is 2. The highest BCUT2D eigenvalue weighted by atomic mass is 15.2. The third-order valence-corrected chi connectivity index (χ3v) is 5.26. The number of nitrogens with zero attached hydrogens (tertiary/aromatic N) is 1. The fraction of sp³-hybridized carbons (Fsp3) is 0.273. The summed E-state index contributed by atoms with van der Waals surface area (Å²) in [5.74, 6) is 0. The second-order valence-corrected chi connectivity index (χ2v) is 6.68. The summed E-state index contributed by atoms with van der Waals surface area (Å²) in [7, 11) is 0. The summed E-state index contributed by atoms with van der Waals surface area (Å²) in [5.41, 5.74) is 5.53. The monoisotopic (exact) mass is 301 g/mol. The van der Waals surface area contributed by atoms with Crippen LogP contribution in [0.4, 0.5) is 0 Å². The molecule has 116 valence electrons. The molecular formula is C22H23N. The minimum Gasteiger partial charge on any atom is -0.289 e. The molecule has 2 bridgehead atoms. The number of benzene rings is 2. The van der Waals surface area contributed by atoms with Gasteiger partial charge in [0.25, 0.3) is 0 Å². The van der Waals surface area contributed by atoms with Crippen molar-refractivity contribution in [3.8, 4) is 0 Å². The minimum absolute atomic E-state index is 0.600. The lowest BCUT2D eigenvalue weighted by molar-refractivity contribution is 0.203. The first-order valence-electron chi connectivity index (χ1n) is 8.57. The maximum Gasteiger partial charge on any atom is 0.0291 e. The van der Waals surface area contributed by atoms with E-state index in [4.69, 9.17) is 0 Å². The first kappa shape index (κ1) is 14.5. The predicted octanol–water partition coefficient (Wildman–Crippen LogP) is 5.15. The number of hydrogen-bond acceptors (Lipinski definition) is 1. The lowest BCUT2D eigenvalue weighted by Gasteiger charge is -2.34. The van der Waals surface area contributed by atoms with Gasteiger partial charge in [0.2, 0.25) is 0 Å². The normalized spacial score (nSPS) is 23.6. The van der Waals surface area contributed by atoms with Gasteiger partial charge in [-0.2, -0.15) is 0 Å². The van der Waals surface area contributed by atoms with Crippen LogP contribution >= 0.6 is 0 Å². The molecular weight excluding hydrogens is 278 g/mol. The summed E-state index contributed by atoms with van der Waals surface area (Å²) in [6, 6.07) is 21.0. The maximum atomic E-state index is 3.84. The Morgan fingerprint density at radius 3 is 2.48 bits per heavy atom. The van der Waals surface area contributed by atoms with Crippen molar-refractivity contribution in [2.24, 2.45) is 0 Å². The van der Waals surface area contributed by atoms with Crippen LogP contribution in [0, 0.1) is 0 Å². The summed E-state index contributed by atoms with van der Waals surface area (Å²) < 4.78 is 0. The molecule has 2 atom stereocenters. The SMILES string of the molecule is C=Cc1ccc(C2=CC3CCC(C2)N3Cc2ccccc2)cc1. The highest BCUT2D eigenvalue weighted by Gasteiger charge is 2.36. The van der Waals surface area contributed by atoms with Crippen molar-refractivity contribution in [3.05, 3.63) is 83.9 Å². The van der Waals surface area contributed by atoms with Gasteiger partial charge in [-0.05, 0) is 41.5 Å². The van der Waals surface area contributed by atoms with E-state index in [-0.39, 0.29) is 0 Å². The van der Waals surface area contributed by atoms with E-state index >= 15 is 0 Å². The van der Waals surface area contributed by atoms with Crippen molar-refractivity contribution in [1.29, 1.82) is 0 Å². The van der Waals surface area contributed by atoms with E-state index in [0.717, 1.165) is 6.54 Å². The Bertz CT molecular complexity index is 711. The van der Waals surface area contributed by atoms with Gasteiger partial charge in [0.05, 0.1) is 0 Å². The first-order chi connectivity index (χ1) is 11.3. The van der Waals surface area contributed by atoms with Crippen LogP contribution in [0.2, 0.25) is 0 Å². The lowest BCUT2D eigenvalue weighted by Crippen LogP contribution is -2.37. The van der Waals surface area contributed by atoms with Crippen LogP contribution in [-0.4, -0.2) is 17.0 Å². The Balaban J connectivity index is 1.55. The molecule has 2 aromatic carbocycles. The standard InChI is InChI=1S/C22H23N/c1-2-17-8-10-19(11-9-17)20-14-21-12-13-22(15-20)23(21)16-18-6-4-3-5-7-18/h2-11,14,21-22H,1,12-13,15-16H2. The van der Waals surface area contributed by atoms with Gasteiger partial charge in [0, 0.05) is 18.6 Å². The minimum atomic E-state index is 0.600. The van der Waals surface area contributed by atoms with Crippen LogP contribution in [0.3, 0.4) is 0 Å².